The molecule has 3 saturated carbocycles. The molecule has 0 heterocycles. The van der Waals surface area contributed by atoms with Crippen LogP contribution in [0.15, 0.2) is 28.9 Å². The van der Waals surface area contributed by atoms with Gasteiger partial charge in [0, 0.05) is 0 Å². The minimum Gasteiger partial charge on any atom is -0.322 e. The van der Waals surface area contributed by atoms with Crippen molar-refractivity contribution in [2.75, 3.05) is 6.54 Å². The van der Waals surface area contributed by atoms with Crippen molar-refractivity contribution in [2.24, 2.45) is 56.7 Å². The quantitative estimate of drug-likeness (QED) is 0.169. The van der Waals surface area contributed by atoms with Gasteiger partial charge in [-0.15, -0.1) is 0 Å². The molecule has 3 fully saturated rings. The molecule has 0 aromatic heterocycles. The predicted molar refractivity (Wildman–Crippen MR) is 138 cm³/mol. The first-order valence-electron chi connectivity index (χ1n) is 13.2. The maximum absolute atomic E-state index is 6.18. The zero-order valence-corrected chi connectivity index (χ0v) is 22.0. The summed E-state index contributed by atoms with van der Waals surface area (Å²) < 4.78 is 0. The Labute approximate surface area is 197 Å². The number of fused-ring (bicyclic) bond motifs is 5. The average Bonchev–Trinajstić information content (AvgIpc) is 3.12. The third kappa shape index (κ3) is 4.17. The molecule has 0 saturated heterocycles. The molecule has 4 N–H and O–H groups in total. The third-order valence-corrected chi connectivity index (χ3v) is 10.0. The van der Waals surface area contributed by atoms with Crippen LogP contribution in [0.4, 0.5) is 0 Å². The van der Waals surface area contributed by atoms with Crippen molar-refractivity contribution in [3.63, 3.8) is 0 Å². The first-order chi connectivity index (χ1) is 15.0. The molecule has 0 aromatic carbocycles. The Kier molecular flexibility index (Phi) is 7.25. The van der Waals surface area contributed by atoms with Crippen LogP contribution in [0, 0.1) is 39.9 Å². The monoisotopic (exact) mass is 442 g/mol. The molecule has 4 rings (SSSR count). The average molecular weight is 443 g/mol. The van der Waals surface area contributed by atoms with Gasteiger partial charge in [0.15, 0.2) is 0 Å². The van der Waals surface area contributed by atoms with Gasteiger partial charge < -0.3 is 5.84 Å². The number of hydrogen-bond donors (Lipinski definition) is 2. The van der Waals surface area contributed by atoms with Crippen molar-refractivity contribution >= 4 is 5.84 Å². The third-order valence-electron chi connectivity index (χ3n) is 10.0. The molecule has 182 valence electrons. The van der Waals surface area contributed by atoms with Crippen molar-refractivity contribution in [1.82, 2.24) is 5.01 Å². The van der Waals surface area contributed by atoms with Gasteiger partial charge in [-0.1, -0.05) is 65.3 Å². The van der Waals surface area contributed by atoms with Crippen LogP contribution in [-0.4, -0.2) is 17.4 Å². The highest BCUT2D eigenvalue weighted by atomic mass is 15.4. The highest BCUT2D eigenvalue weighted by Crippen LogP contribution is 2.67. The predicted octanol–water partition coefficient (Wildman–Crippen LogP) is 6.64. The lowest BCUT2D eigenvalue weighted by atomic mass is 9.46. The van der Waals surface area contributed by atoms with Gasteiger partial charge in [0.05, 0.1) is 6.54 Å². The number of hydrogen-bond acceptors (Lipinski definition) is 3. The molecule has 0 amide bonds. The van der Waals surface area contributed by atoms with Crippen molar-refractivity contribution in [2.45, 2.75) is 99.8 Å². The van der Waals surface area contributed by atoms with Crippen LogP contribution in [0.5, 0.6) is 0 Å². The summed E-state index contributed by atoms with van der Waals surface area (Å²) in [4.78, 5) is 0. The summed E-state index contributed by atoms with van der Waals surface area (Å²) in [7, 11) is 0. The fourth-order valence-corrected chi connectivity index (χ4v) is 8.10. The van der Waals surface area contributed by atoms with E-state index in [0.29, 0.717) is 34.5 Å². The fraction of sp³-hybridized carbons (Fsp3) is 0.821. The van der Waals surface area contributed by atoms with Crippen molar-refractivity contribution in [1.29, 1.82) is 0 Å². The Morgan fingerprint density at radius 1 is 1.12 bits per heavy atom. The number of hydrazone groups is 1. The zero-order valence-electron chi connectivity index (χ0n) is 22.0. The van der Waals surface area contributed by atoms with Crippen molar-refractivity contribution in [3.8, 4) is 0 Å². The van der Waals surface area contributed by atoms with Crippen LogP contribution < -0.4 is 11.7 Å². The SMILES string of the molecule is C=C(CN(N)/C(C)=N\N)C1CCC2C3CCC4CC(C)(C)CCC4(C)C3=CCC12C.CC. The van der Waals surface area contributed by atoms with Crippen LogP contribution in [0.1, 0.15) is 99.8 Å². The van der Waals surface area contributed by atoms with Gasteiger partial charge in [0.1, 0.15) is 5.84 Å². The fourth-order valence-electron chi connectivity index (χ4n) is 8.10. The second kappa shape index (κ2) is 9.16. The Morgan fingerprint density at radius 3 is 2.47 bits per heavy atom. The standard InChI is InChI=1S/C26H44N4.C2H6/c1-17(16-30(28)18(2)29-27)21-9-10-22-20-8-7-19-15-24(3,4)13-14-25(19,5)23(20)11-12-26(21,22)6;1-2/h11,19-22H,1,7-10,12-16,27-28H2,2-6H3;1-2H3/b29-18-;. The maximum atomic E-state index is 6.18. The largest absolute Gasteiger partial charge is 0.322 e. The first kappa shape index (κ1) is 25.3. The molecule has 32 heavy (non-hydrogen) atoms. The van der Waals surface area contributed by atoms with Gasteiger partial charge in [0.25, 0.3) is 0 Å². The van der Waals surface area contributed by atoms with Gasteiger partial charge in [-0.3, -0.25) is 5.01 Å². The number of amidine groups is 1. The second-order valence-corrected chi connectivity index (χ2v) is 12.2. The normalized spacial score (nSPS) is 40.1. The molecule has 6 unspecified atom stereocenters. The van der Waals surface area contributed by atoms with E-state index in [1.54, 1.807) is 5.01 Å². The molecule has 0 radical (unpaired) electrons. The van der Waals surface area contributed by atoms with E-state index in [4.69, 9.17) is 11.7 Å². The van der Waals surface area contributed by atoms with Crippen LogP contribution in [0.2, 0.25) is 0 Å². The molecule has 4 aliphatic rings. The molecular formula is C28H50N4. The van der Waals surface area contributed by atoms with Crippen molar-refractivity contribution < 1.29 is 0 Å². The van der Waals surface area contributed by atoms with E-state index in [-0.39, 0.29) is 0 Å². The van der Waals surface area contributed by atoms with Gasteiger partial charge in [0.2, 0.25) is 0 Å². The van der Waals surface area contributed by atoms with Gasteiger partial charge in [-0.05, 0) is 98.2 Å². The molecule has 6 atom stereocenters. The summed E-state index contributed by atoms with van der Waals surface area (Å²) in [5.74, 6) is 15.2. The molecule has 0 aromatic rings. The Balaban J connectivity index is 0.00000141. The lowest BCUT2D eigenvalue weighted by molar-refractivity contribution is -0.000574. The summed E-state index contributed by atoms with van der Waals surface area (Å²) >= 11 is 0. The van der Waals surface area contributed by atoms with Crippen LogP contribution >= 0.6 is 0 Å². The molecule has 0 spiro atoms. The lowest BCUT2D eigenvalue weighted by Gasteiger charge is -2.58. The van der Waals surface area contributed by atoms with E-state index in [2.05, 4.69) is 45.5 Å². The topological polar surface area (TPSA) is 67.6 Å². The highest BCUT2D eigenvalue weighted by molar-refractivity contribution is 5.78. The summed E-state index contributed by atoms with van der Waals surface area (Å²) in [6.07, 6.45) is 13.5. The van der Waals surface area contributed by atoms with E-state index in [9.17, 15) is 0 Å². The first-order valence-corrected chi connectivity index (χ1v) is 13.2. The minimum atomic E-state index is 0.316. The molecule has 0 aliphatic heterocycles. The molecule has 4 nitrogen and oxygen atoms in total. The Morgan fingerprint density at radius 2 is 1.81 bits per heavy atom. The molecule has 4 aliphatic carbocycles. The molecule has 0 bridgehead atoms. The number of nitrogens with two attached hydrogens (primary N) is 2. The summed E-state index contributed by atoms with van der Waals surface area (Å²) in [6.45, 7) is 21.1. The molecular weight excluding hydrogens is 392 g/mol. The van der Waals surface area contributed by atoms with Gasteiger partial charge in [-0.25, -0.2) is 5.84 Å². The maximum Gasteiger partial charge on any atom is 0.135 e. The van der Waals surface area contributed by atoms with Gasteiger partial charge >= 0.3 is 0 Å². The summed E-state index contributed by atoms with van der Waals surface area (Å²) in [6, 6.07) is 0. The van der Waals surface area contributed by atoms with E-state index in [0.717, 1.165) is 17.8 Å². The number of rotatable bonds is 3. The highest BCUT2D eigenvalue weighted by Gasteiger charge is 2.57. The van der Waals surface area contributed by atoms with Gasteiger partial charge in [-0.2, -0.15) is 5.10 Å². The smallest absolute Gasteiger partial charge is 0.135 e. The number of hydrazine groups is 1. The van der Waals surface area contributed by atoms with Crippen molar-refractivity contribution in [3.05, 3.63) is 23.8 Å². The molecule has 4 heteroatoms. The summed E-state index contributed by atoms with van der Waals surface area (Å²) in [5.41, 5.74) is 4.38. The van der Waals surface area contributed by atoms with Crippen LogP contribution in [0.25, 0.3) is 0 Å². The van der Waals surface area contributed by atoms with E-state index in [1.165, 1.54) is 56.9 Å². The minimum absolute atomic E-state index is 0.316. The Bertz CT molecular complexity index is 765. The Hall–Kier alpha value is -1.29. The van der Waals surface area contributed by atoms with E-state index < -0.39 is 0 Å². The number of allylic oxidation sites excluding steroid dienone is 2. The summed E-state index contributed by atoms with van der Waals surface area (Å²) in [5, 5.41) is 5.40. The van der Waals surface area contributed by atoms with Crippen LogP contribution in [0.3, 0.4) is 0 Å². The van der Waals surface area contributed by atoms with E-state index in [1.807, 2.05) is 26.3 Å². The zero-order chi connectivity index (χ0) is 23.9. The lowest BCUT2D eigenvalue weighted by Crippen LogP contribution is -2.49. The second-order valence-electron chi connectivity index (χ2n) is 12.2. The van der Waals surface area contributed by atoms with E-state index >= 15 is 0 Å². The number of nitrogens with zero attached hydrogens (tertiary/aromatic N) is 2. The van der Waals surface area contributed by atoms with Crippen LogP contribution in [-0.2, 0) is 0 Å².